The number of fused-ring (bicyclic) bond motifs is 1. The van der Waals surface area contributed by atoms with Gasteiger partial charge < -0.3 is 4.98 Å². The molecule has 0 bridgehead atoms. The van der Waals surface area contributed by atoms with Crippen molar-refractivity contribution in [2.24, 2.45) is 0 Å². The number of benzene rings is 1. The molecular formula is C11H13NOS. The van der Waals surface area contributed by atoms with Crippen molar-refractivity contribution < 1.29 is 4.21 Å². The van der Waals surface area contributed by atoms with Crippen molar-refractivity contribution in [2.45, 2.75) is 18.9 Å². The van der Waals surface area contributed by atoms with Crippen molar-refractivity contribution in [3.8, 4) is 0 Å². The maximum absolute atomic E-state index is 11.7. The smallest absolute Gasteiger partial charge is 0.108 e. The average Bonchev–Trinajstić information content (AvgIpc) is 2.56. The Kier molecular flexibility index (Phi) is 2.42. The number of hydrogen-bond acceptors (Lipinski definition) is 1. The molecule has 1 N–H and O–H groups in total. The van der Waals surface area contributed by atoms with Crippen LogP contribution in [0.2, 0.25) is 0 Å². The number of hydrogen-bond donors (Lipinski definition) is 1. The Balaban J connectivity index is 2.68. The van der Waals surface area contributed by atoms with Crippen LogP contribution in [0.1, 0.15) is 12.5 Å². The maximum Gasteiger partial charge on any atom is 0.108 e. The molecule has 2 rings (SSSR count). The highest BCUT2D eigenvalue weighted by atomic mass is 32.2. The van der Waals surface area contributed by atoms with Crippen LogP contribution in [0.25, 0.3) is 10.9 Å². The number of nitrogens with one attached hydrogen (secondary N) is 1. The van der Waals surface area contributed by atoms with Gasteiger partial charge in [0, 0.05) is 16.7 Å². The highest BCUT2D eigenvalue weighted by Crippen LogP contribution is 2.23. The van der Waals surface area contributed by atoms with Gasteiger partial charge in [0.05, 0.1) is 10.8 Å². The second-order valence-corrected chi connectivity index (χ2v) is 4.94. The Morgan fingerprint density at radius 1 is 1.36 bits per heavy atom. The fourth-order valence-corrected chi connectivity index (χ4v) is 2.59. The summed E-state index contributed by atoms with van der Waals surface area (Å²) in [4.78, 5) is 3.21. The SMILES string of the molecule is CCS(=O)c1[nH]c2ccccc2c1C. The summed E-state index contributed by atoms with van der Waals surface area (Å²) in [7, 11) is -0.890. The van der Waals surface area contributed by atoms with Crippen LogP contribution in [0.3, 0.4) is 0 Å². The molecule has 1 aromatic carbocycles. The molecule has 0 aliphatic rings. The Hall–Kier alpha value is -1.09. The van der Waals surface area contributed by atoms with Crippen LogP contribution in [0, 0.1) is 6.92 Å². The van der Waals surface area contributed by atoms with Gasteiger partial charge in [-0.25, -0.2) is 0 Å². The molecule has 1 aromatic heterocycles. The zero-order valence-corrected chi connectivity index (χ0v) is 9.15. The van der Waals surface area contributed by atoms with Crippen LogP contribution in [0.4, 0.5) is 0 Å². The van der Waals surface area contributed by atoms with E-state index in [2.05, 4.69) is 11.1 Å². The van der Waals surface area contributed by atoms with Gasteiger partial charge >= 0.3 is 0 Å². The van der Waals surface area contributed by atoms with Crippen LogP contribution in [-0.2, 0) is 10.8 Å². The first-order valence-corrected chi connectivity index (χ1v) is 6.01. The standard InChI is InChI=1S/C11H13NOS/c1-3-14(13)11-8(2)9-6-4-5-7-10(9)12-11/h4-7,12H,3H2,1-2H3. The van der Waals surface area contributed by atoms with E-state index in [-0.39, 0.29) is 0 Å². The number of H-pyrrole nitrogens is 1. The lowest BCUT2D eigenvalue weighted by atomic mass is 10.2. The van der Waals surface area contributed by atoms with E-state index in [1.807, 2.05) is 32.0 Å². The molecular weight excluding hydrogens is 194 g/mol. The summed E-state index contributed by atoms with van der Waals surface area (Å²) >= 11 is 0. The quantitative estimate of drug-likeness (QED) is 0.806. The lowest BCUT2D eigenvalue weighted by molar-refractivity contribution is 0.681. The molecule has 74 valence electrons. The van der Waals surface area contributed by atoms with E-state index in [9.17, 15) is 4.21 Å². The van der Waals surface area contributed by atoms with Gasteiger partial charge in [-0.15, -0.1) is 0 Å². The molecule has 0 amide bonds. The zero-order valence-electron chi connectivity index (χ0n) is 8.33. The summed E-state index contributed by atoms with van der Waals surface area (Å²) < 4.78 is 11.7. The highest BCUT2D eigenvalue weighted by Gasteiger charge is 2.10. The summed E-state index contributed by atoms with van der Waals surface area (Å²) in [5.41, 5.74) is 2.18. The minimum atomic E-state index is -0.890. The van der Waals surface area contributed by atoms with Crippen LogP contribution >= 0.6 is 0 Å². The van der Waals surface area contributed by atoms with E-state index in [0.29, 0.717) is 5.75 Å². The second kappa shape index (κ2) is 3.58. The molecule has 0 spiro atoms. The molecule has 0 fully saturated rings. The van der Waals surface area contributed by atoms with Gasteiger partial charge in [0.1, 0.15) is 5.03 Å². The monoisotopic (exact) mass is 207 g/mol. The second-order valence-electron chi connectivity index (χ2n) is 3.26. The fourth-order valence-electron chi connectivity index (χ4n) is 1.63. The summed E-state index contributed by atoms with van der Waals surface area (Å²) in [5, 5.41) is 2.04. The Bertz CT molecular complexity index is 487. The Labute approximate surface area is 85.8 Å². The Morgan fingerprint density at radius 3 is 2.71 bits per heavy atom. The van der Waals surface area contributed by atoms with Gasteiger partial charge in [-0.1, -0.05) is 25.1 Å². The number of para-hydroxylation sites is 1. The molecule has 14 heavy (non-hydrogen) atoms. The van der Waals surface area contributed by atoms with E-state index in [0.717, 1.165) is 16.1 Å². The number of aromatic amines is 1. The number of rotatable bonds is 2. The van der Waals surface area contributed by atoms with E-state index in [4.69, 9.17) is 0 Å². The third kappa shape index (κ3) is 1.38. The van der Waals surface area contributed by atoms with Gasteiger partial charge in [-0.3, -0.25) is 4.21 Å². The molecule has 2 aromatic rings. The first-order valence-electron chi connectivity index (χ1n) is 4.69. The van der Waals surface area contributed by atoms with Gasteiger partial charge in [0.2, 0.25) is 0 Å². The van der Waals surface area contributed by atoms with Crippen molar-refractivity contribution in [3.63, 3.8) is 0 Å². The van der Waals surface area contributed by atoms with Crippen molar-refractivity contribution >= 4 is 21.7 Å². The number of aryl methyl sites for hydroxylation is 1. The minimum absolute atomic E-state index is 0.660. The molecule has 0 saturated heterocycles. The topological polar surface area (TPSA) is 32.9 Å². The first-order chi connectivity index (χ1) is 6.74. The normalized spacial score (nSPS) is 13.3. The number of aromatic nitrogens is 1. The summed E-state index contributed by atoms with van der Waals surface area (Å²) in [5.74, 6) is 0.660. The van der Waals surface area contributed by atoms with Crippen molar-refractivity contribution in [1.29, 1.82) is 0 Å². The summed E-state index contributed by atoms with van der Waals surface area (Å²) in [6.07, 6.45) is 0. The molecule has 0 saturated carbocycles. The molecule has 1 heterocycles. The van der Waals surface area contributed by atoms with Crippen molar-refractivity contribution in [1.82, 2.24) is 4.98 Å². The van der Waals surface area contributed by atoms with E-state index >= 15 is 0 Å². The molecule has 1 atom stereocenters. The van der Waals surface area contributed by atoms with Crippen LogP contribution in [0.15, 0.2) is 29.3 Å². The summed E-state index contributed by atoms with van der Waals surface area (Å²) in [6, 6.07) is 8.05. The molecule has 1 unspecified atom stereocenters. The average molecular weight is 207 g/mol. The lowest BCUT2D eigenvalue weighted by Gasteiger charge is -1.95. The van der Waals surface area contributed by atoms with E-state index in [1.165, 1.54) is 5.39 Å². The zero-order chi connectivity index (χ0) is 10.1. The van der Waals surface area contributed by atoms with Gasteiger partial charge in [0.25, 0.3) is 0 Å². The van der Waals surface area contributed by atoms with Crippen molar-refractivity contribution in [3.05, 3.63) is 29.8 Å². The predicted octanol–water partition coefficient (Wildman–Crippen LogP) is 2.60. The molecule has 2 nitrogen and oxygen atoms in total. The van der Waals surface area contributed by atoms with Crippen LogP contribution in [-0.4, -0.2) is 14.9 Å². The van der Waals surface area contributed by atoms with Gasteiger partial charge in [0.15, 0.2) is 0 Å². The molecule has 3 heteroatoms. The predicted molar refractivity (Wildman–Crippen MR) is 60.0 cm³/mol. The fraction of sp³-hybridized carbons (Fsp3) is 0.273. The highest BCUT2D eigenvalue weighted by molar-refractivity contribution is 7.85. The third-order valence-corrected chi connectivity index (χ3v) is 3.80. The molecule has 0 aliphatic heterocycles. The van der Waals surface area contributed by atoms with Crippen molar-refractivity contribution in [2.75, 3.05) is 5.75 Å². The van der Waals surface area contributed by atoms with E-state index in [1.54, 1.807) is 0 Å². The largest absolute Gasteiger partial charge is 0.347 e. The maximum atomic E-state index is 11.7. The lowest BCUT2D eigenvalue weighted by Crippen LogP contribution is -1.95. The van der Waals surface area contributed by atoms with E-state index < -0.39 is 10.8 Å². The van der Waals surface area contributed by atoms with Crippen LogP contribution < -0.4 is 0 Å². The third-order valence-electron chi connectivity index (χ3n) is 2.41. The first kappa shape index (κ1) is 9.46. The summed E-state index contributed by atoms with van der Waals surface area (Å²) in [6.45, 7) is 3.95. The van der Waals surface area contributed by atoms with Gasteiger partial charge in [-0.05, 0) is 18.6 Å². The Morgan fingerprint density at radius 2 is 2.07 bits per heavy atom. The molecule has 0 aliphatic carbocycles. The minimum Gasteiger partial charge on any atom is -0.347 e. The molecule has 0 radical (unpaired) electrons. The van der Waals surface area contributed by atoms with Crippen LogP contribution in [0.5, 0.6) is 0 Å². The van der Waals surface area contributed by atoms with Gasteiger partial charge in [-0.2, -0.15) is 0 Å².